The molecule has 0 spiro atoms. The third kappa shape index (κ3) is 3.17. The molecule has 1 aliphatic rings. The van der Waals surface area contributed by atoms with Gasteiger partial charge in [-0.05, 0) is 46.6 Å². The molecule has 5 heteroatoms. The standard InChI is InChI=1S/C16H15BrN4/c17-14-5-1-2-6-15(14)21-9-8-13(11-21)20-16-7-3-4-12(10-18)19-16/h1-7,13H,8-9,11H2,(H,19,20). The average molecular weight is 343 g/mol. The zero-order valence-corrected chi connectivity index (χ0v) is 13.0. The zero-order chi connectivity index (χ0) is 14.7. The van der Waals surface area contributed by atoms with Gasteiger partial charge in [-0.3, -0.25) is 0 Å². The van der Waals surface area contributed by atoms with Crippen LogP contribution in [0.5, 0.6) is 0 Å². The van der Waals surface area contributed by atoms with Gasteiger partial charge >= 0.3 is 0 Å². The summed E-state index contributed by atoms with van der Waals surface area (Å²) in [6.07, 6.45) is 1.06. The van der Waals surface area contributed by atoms with Crippen LogP contribution in [0.15, 0.2) is 46.9 Å². The van der Waals surface area contributed by atoms with E-state index in [0.717, 1.165) is 29.8 Å². The molecule has 1 aromatic carbocycles. The molecule has 0 amide bonds. The van der Waals surface area contributed by atoms with E-state index in [1.54, 1.807) is 6.07 Å². The normalized spacial score (nSPS) is 17.5. The van der Waals surface area contributed by atoms with Crippen molar-refractivity contribution in [3.8, 4) is 6.07 Å². The van der Waals surface area contributed by atoms with E-state index in [0.29, 0.717) is 11.7 Å². The molecule has 3 rings (SSSR count). The molecule has 0 aliphatic carbocycles. The van der Waals surface area contributed by atoms with Crippen LogP contribution < -0.4 is 10.2 Å². The van der Waals surface area contributed by atoms with Crippen LogP contribution >= 0.6 is 15.9 Å². The lowest BCUT2D eigenvalue weighted by molar-refractivity contribution is 0.800. The molecular formula is C16H15BrN4. The number of benzene rings is 1. The number of nitrogens with one attached hydrogen (secondary N) is 1. The van der Waals surface area contributed by atoms with Gasteiger partial charge in [-0.25, -0.2) is 4.98 Å². The molecule has 2 heterocycles. The molecule has 1 N–H and O–H groups in total. The quantitative estimate of drug-likeness (QED) is 0.928. The van der Waals surface area contributed by atoms with Crippen molar-refractivity contribution >= 4 is 27.4 Å². The first-order valence-electron chi connectivity index (χ1n) is 6.89. The molecular weight excluding hydrogens is 328 g/mol. The van der Waals surface area contributed by atoms with Gasteiger partial charge in [0.15, 0.2) is 0 Å². The predicted octanol–water partition coefficient (Wildman–Crippen LogP) is 3.41. The number of pyridine rings is 1. The van der Waals surface area contributed by atoms with Gasteiger partial charge in [0.1, 0.15) is 17.6 Å². The smallest absolute Gasteiger partial charge is 0.142 e. The number of rotatable bonds is 3. The van der Waals surface area contributed by atoms with E-state index in [-0.39, 0.29) is 0 Å². The monoisotopic (exact) mass is 342 g/mol. The highest BCUT2D eigenvalue weighted by Gasteiger charge is 2.23. The number of aromatic nitrogens is 1. The number of hydrogen-bond donors (Lipinski definition) is 1. The van der Waals surface area contributed by atoms with Crippen molar-refractivity contribution in [3.05, 3.63) is 52.6 Å². The van der Waals surface area contributed by atoms with Gasteiger partial charge in [0.05, 0.1) is 5.69 Å². The lowest BCUT2D eigenvalue weighted by atomic mass is 10.2. The number of para-hydroxylation sites is 1. The topological polar surface area (TPSA) is 52.0 Å². The summed E-state index contributed by atoms with van der Waals surface area (Å²) in [5.74, 6) is 0.771. The number of anilines is 2. The van der Waals surface area contributed by atoms with Crippen molar-refractivity contribution < 1.29 is 0 Å². The van der Waals surface area contributed by atoms with Gasteiger partial charge in [-0.1, -0.05) is 18.2 Å². The van der Waals surface area contributed by atoms with Crippen LogP contribution in [0.2, 0.25) is 0 Å². The van der Waals surface area contributed by atoms with E-state index in [4.69, 9.17) is 5.26 Å². The van der Waals surface area contributed by atoms with Crippen molar-refractivity contribution in [1.29, 1.82) is 5.26 Å². The van der Waals surface area contributed by atoms with Gasteiger partial charge < -0.3 is 10.2 Å². The maximum absolute atomic E-state index is 8.89. The molecule has 2 aromatic rings. The van der Waals surface area contributed by atoms with E-state index in [1.165, 1.54) is 5.69 Å². The largest absolute Gasteiger partial charge is 0.368 e. The lowest BCUT2D eigenvalue weighted by Gasteiger charge is -2.20. The summed E-state index contributed by atoms with van der Waals surface area (Å²) in [7, 11) is 0. The van der Waals surface area contributed by atoms with Gasteiger partial charge in [0.2, 0.25) is 0 Å². The molecule has 106 valence electrons. The maximum Gasteiger partial charge on any atom is 0.142 e. The van der Waals surface area contributed by atoms with Crippen LogP contribution in [0.1, 0.15) is 12.1 Å². The zero-order valence-electron chi connectivity index (χ0n) is 11.5. The van der Waals surface area contributed by atoms with E-state index in [2.05, 4.69) is 55.4 Å². The second kappa shape index (κ2) is 6.15. The van der Waals surface area contributed by atoms with Crippen LogP contribution in [0, 0.1) is 11.3 Å². The average Bonchev–Trinajstić information content (AvgIpc) is 2.96. The minimum Gasteiger partial charge on any atom is -0.368 e. The van der Waals surface area contributed by atoms with E-state index < -0.39 is 0 Å². The number of nitriles is 1. The van der Waals surface area contributed by atoms with Crippen molar-refractivity contribution in [1.82, 2.24) is 4.98 Å². The molecule has 1 saturated heterocycles. The molecule has 1 fully saturated rings. The molecule has 4 nitrogen and oxygen atoms in total. The SMILES string of the molecule is N#Cc1cccc(NC2CCN(c3ccccc3Br)C2)n1. The Balaban J connectivity index is 1.67. The van der Waals surface area contributed by atoms with Crippen LogP contribution in [0.25, 0.3) is 0 Å². The van der Waals surface area contributed by atoms with Gasteiger partial charge in [0, 0.05) is 23.6 Å². The molecule has 1 aliphatic heterocycles. The molecule has 1 atom stereocenters. The second-order valence-corrected chi connectivity index (χ2v) is 5.90. The molecule has 1 unspecified atom stereocenters. The first-order chi connectivity index (χ1) is 10.3. The van der Waals surface area contributed by atoms with Crippen molar-refractivity contribution in [3.63, 3.8) is 0 Å². The third-order valence-corrected chi connectivity index (χ3v) is 4.27. The van der Waals surface area contributed by atoms with E-state index in [9.17, 15) is 0 Å². The van der Waals surface area contributed by atoms with Gasteiger partial charge in [0.25, 0.3) is 0 Å². The minimum absolute atomic E-state index is 0.346. The summed E-state index contributed by atoms with van der Waals surface area (Å²) in [5.41, 5.74) is 1.67. The summed E-state index contributed by atoms with van der Waals surface area (Å²) >= 11 is 3.60. The number of hydrogen-bond acceptors (Lipinski definition) is 4. The summed E-state index contributed by atoms with van der Waals surface area (Å²) < 4.78 is 1.12. The number of nitrogens with zero attached hydrogens (tertiary/aromatic N) is 3. The Morgan fingerprint density at radius 3 is 2.90 bits per heavy atom. The Bertz CT molecular complexity index is 680. The summed E-state index contributed by atoms with van der Waals surface area (Å²) in [5, 5.41) is 12.3. The van der Waals surface area contributed by atoms with Crippen LogP contribution in [0.4, 0.5) is 11.5 Å². The van der Waals surface area contributed by atoms with E-state index in [1.807, 2.05) is 18.2 Å². The Labute approximate surface area is 132 Å². The third-order valence-electron chi connectivity index (χ3n) is 3.60. The fourth-order valence-electron chi connectivity index (χ4n) is 2.59. The van der Waals surface area contributed by atoms with Crippen molar-refractivity contribution in [2.45, 2.75) is 12.5 Å². The second-order valence-electron chi connectivity index (χ2n) is 5.05. The summed E-state index contributed by atoms with van der Waals surface area (Å²) in [6.45, 7) is 1.94. The molecule has 0 bridgehead atoms. The highest BCUT2D eigenvalue weighted by molar-refractivity contribution is 9.10. The predicted molar refractivity (Wildman–Crippen MR) is 87.3 cm³/mol. The Morgan fingerprint density at radius 2 is 2.10 bits per heavy atom. The fraction of sp³-hybridized carbons (Fsp3) is 0.250. The molecule has 1 aromatic heterocycles. The molecule has 0 saturated carbocycles. The Hall–Kier alpha value is -2.06. The summed E-state index contributed by atoms with van der Waals surface area (Å²) in [4.78, 5) is 6.63. The highest BCUT2D eigenvalue weighted by Crippen LogP contribution is 2.29. The Kier molecular flexibility index (Phi) is 4.07. The van der Waals surface area contributed by atoms with E-state index >= 15 is 0 Å². The Morgan fingerprint density at radius 1 is 1.24 bits per heavy atom. The molecule has 0 radical (unpaired) electrons. The van der Waals surface area contributed by atoms with Crippen LogP contribution in [-0.2, 0) is 0 Å². The summed E-state index contributed by atoms with van der Waals surface area (Å²) in [6, 6.07) is 16.2. The van der Waals surface area contributed by atoms with Crippen LogP contribution in [-0.4, -0.2) is 24.1 Å². The highest BCUT2D eigenvalue weighted by atomic mass is 79.9. The van der Waals surface area contributed by atoms with Crippen LogP contribution in [0.3, 0.4) is 0 Å². The lowest BCUT2D eigenvalue weighted by Crippen LogP contribution is -2.26. The minimum atomic E-state index is 0.346. The first kappa shape index (κ1) is 13.9. The molecule has 21 heavy (non-hydrogen) atoms. The van der Waals surface area contributed by atoms with Crippen molar-refractivity contribution in [2.24, 2.45) is 0 Å². The van der Waals surface area contributed by atoms with Gasteiger partial charge in [-0.2, -0.15) is 5.26 Å². The number of halogens is 1. The first-order valence-corrected chi connectivity index (χ1v) is 7.69. The van der Waals surface area contributed by atoms with Crippen molar-refractivity contribution in [2.75, 3.05) is 23.3 Å². The van der Waals surface area contributed by atoms with Gasteiger partial charge in [-0.15, -0.1) is 0 Å². The maximum atomic E-state index is 8.89. The fourth-order valence-corrected chi connectivity index (χ4v) is 3.13.